The Morgan fingerprint density at radius 2 is 2.11 bits per heavy atom. The highest BCUT2D eigenvalue weighted by Gasteiger charge is 2.12. The molecule has 0 aliphatic carbocycles. The summed E-state index contributed by atoms with van der Waals surface area (Å²) in [5.41, 5.74) is 2.78. The number of hydrogen-bond donors (Lipinski definition) is 1. The number of hydrogen-bond acceptors (Lipinski definition) is 2. The Hall–Kier alpha value is -1.68. The summed E-state index contributed by atoms with van der Waals surface area (Å²) in [7, 11) is 1.89. The van der Waals surface area contributed by atoms with Crippen LogP contribution in [0.2, 0.25) is 0 Å². The smallest absolute Gasteiger partial charge is 0.123 e. The van der Waals surface area contributed by atoms with Crippen molar-refractivity contribution in [1.82, 2.24) is 15.1 Å². The average Bonchev–Trinajstić information content (AvgIpc) is 2.74. The van der Waals surface area contributed by atoms with Crippen LogP contribution < -0.4 is 5.32 Å². The van der Waals surface area contributed by atoms with Crippen molar-refractivity contribution in [3.8, 4) is 11.3 Å². The van der Waals surface area contributed by atoms with E-state index in [9.17, 15) is 4.39 Å². The van der Waals surface area contributed by atoms with Gasteiger partial charge in [0, 0.05) is 18.2 Å². The molecule has 18 heavy (non-hydrogen) atoms. The molecule has 3 nitrogen and oxygen atoms in total. The molecule has 0 aliphatic heterocycles. The number of benzene rings is 1. The van der Waals surface area contributed by atoms with Gasteiger partial charge in [-0.15, -0.1) is 0 Å². The molecule has 0 unspecified atom stereocenters. The quantitative estimate of drug-likeness (QED) is 0.900. The van der Waals surface area contributed by atoms with Crippen LogP contribution in [0.15, 0.2) is 30.3 Å². The van der Waals surface area contributed by atoms with E-state index in [0.29, 0.717) is 6.54 Å². The monoisotopic (exact) mass is 247 g/mol. The minimum absolute atomic E-state index is 0.223. The molecule has 96 valence electrons. The van der Waals surface area contributed by atoms with Crippen molar-refractivity contribution in [3.05, 3.63) is 41.8 Å². The maximum Gasteiger partial charge on any atom is 0.123 e. The number of rotatable bonds is 4. The summed E-state index contributed by atoms with van der Waals surface area (Å²) in [4.78, 5) is 0. The SMILES string of the molecule is CNCc1cc(-c2cccc(F)c2)n(C(C)C)n1. The molecule has 1 N–H and O–H groups in total. The summed E-state index contributed by atoms with van der Waals surface area (Å²) in [6.07, 6.45) is 0. The van der Waals surface area contributed by atoms with E-state index in [1.54, 1.807) is 12.1 Å². The molecule has 1 heterocycles. The molecular weight excluding hydrogens is 229 g/mol. The molecule has 0 atom stereocenters. The van der Waals surface area contributed by atoms with Gasteiger partial charge in [0.05, 0.1) is 11.4 Å². The van der Waals surface area contributed by atoms with Gasteiger partial charge in [0.25, 0.3) is 0 Å². The standard InChI is InChI=1S/C14H18FN3/c1-10(2)18-14(8-13(17-18)9-16-3)11-5-4-6-12(15)7-11/h4-8,10,16H,9H2,1-3H3. The lowest BCUT2D eigenvalue weighted by molar-refractivity contribution is 0.529. The van der Waals surface area contributed by atoms with E-state index in [4.69, 9.17) is 0 Å². The average molecular weight is 247 g/mol. The molecule has 0 spiro atoms. The second-order valence-electron chi connectivity index (χ2n) is 4.60. The Balaban J connectivity index is 2.48. The summed E-state index contributed by atoms with van der Waals surface area (Å²) in [6, 6.07) is 8.87. The fourth-order valence-electron chi connectivity index (χ4n) is 1.97. The molecule has 2 aromatic rings. The van der Waals surface area contributed by atoms with Crippen molar-refractivity contribution in [2.45, 2.75) is 26.4 Å². The molecular formula is C14H18FN3. The molecule has 0 aliphatic rings. The number of halogens is 1. The van der Waals surface area contributed by atoms with Crippen LogP contribution in [0.3, 0.4) is 0 Å². The summed E-state index contributed by atoms with van der Waals surface area (Å²) >= 11 is 0. The summed E-state index contributed by atoms with van der Waals surface area (Å²) in [6.45, 7) is 4.85. The van der Waals surface area contributed by atoms with Crippen LogP contribution in [0.25, 0.3) is 11.3 Å². The second kappa shape index (κ2) is 5.31. The zero-order valence-corrected chi connectivity index (χ0v) is 10.9. The Kier molecular flexibility index (Phi) is 3.77. The van der Waals surface area contributed by atoms with Crippen molar-refractivity contribution in [2.24, 2.45) is 0 Å². The van der Waals surface area contributed by atoms with Gasteiger partial charge in [-0.05, 0) is 39.1 Å². The molecule has 0 radical (unpaired) electrons. The van der Waals surface area contributed by atoms with Crippen molar-refractivity contribution in [2.75, 3.05) is 7.05 Å². The number of aromatic nitrogens is 2. The van der Waals surface area contributed by atoms with Crippen LogP contribution in [-0.2, 0) is 6.54 Å². The largest absolute Gasteiger partial charge is 0.314 e. The normalized spacial score (nSPS) is 11.2. The van der Waals surface area contributed by atoms with Crippen molar-refractivity contribution < 1.29 is 4.39 Å². The van der Waals surface area contributed by atoms with Crippen LogP contribution in [0, 0.1) is 5.82 Å². The Bertz CT molecular complexity index is 532. The molecule has 0 saturated carbocycles. The van der Waals surface area contributed by atoms with Crippen LogP contribution in [-0.4, -0.2) is 16.8 Å². The lowest BCUT2D eigenvalue weighted by Crippen LogP contribution is -2.08. The highest BCUT2D eigenvalue weighted by molar-refractivity contribution is 5.60. The molecule has 4 heteroatoms. The third-order valence-electron chi connectivity index (χ3n) is 2.75. The van der Waals surface area contributed by atoms with Gasteiger partial charge in [0.15, 0.2) is 0 Å². The van der Waals surface area contributed by atoms with E-state index in [-0.39, 0.29) is 11.9 Å². The first kappa shape index (κ1) is 12.8. The van der Waals surface area contributed by atoms with Crippen molar-refractivity contribution >= 4 is 0 Å². The van der Waals surface area contributed by atoms with E-state index in [1.807, 2.05) is 23.9 Å². The third-order valence-corrected chi connectivity index (χ3v) is 2.75. The van der Waals surface area contributed by atoms with Gasteiger partial charge in [-0.25, -0.2) is 4.39 Å². The zero-order chi connectivity index (χ0) is 13.1. The minimum atomic E-state index is -0.223. The number of nitrogens with zero attached hydrogens (tertiary/aromatic N) is 2. The second-order valence-corrected chi connectivity index (χ2v) is 4.60. The lowest BCUT2D eigenvalue weighted by Gasteiger charge is -2.10. The first-order valence-electron chi connectivity index (χ1n) is 6.10. The molecule has 0 fully saturated rings. The Morgan fingerprint density at radius 3 is 2.72 bits per heavy atom. The summed E-state index contributed by atoms with van der Waals surface area (Å²) in [5.74, 6) is -0.223. The molecule has 0 amide bonds. The first-order chi connectivity index (χ1) is 8.61. The molecule has 0 bridgehead atoms. The van der Waals surface area contributed by atoms with Gasteiger partial charge in [0.2, 0.25) is 0 Å². The van der Waals surface area contributed by atoms with Crippen LogP contribution in [0.4, 0.5) is 4.39 Å². The van der Waals surface area contributed by atoms with E-state index >= 15 is 0 Å². The van der Waals surface area contributed by atoms with Crippen LogP contribution in [0.5, 0.6) is 0 Å². The molecule has 1 aromatic heterocycles. The summed E-state index contributed by atoms with van der Waals surface area (Å²) in [5, 5.41) is 7.61. The van der Waals surface area contributed by atoms with Gasteiger partial charge in [0.1, 0.15) is 5.82 Å². The maximum absolute atomic E-state index is 13.3. The van der Waals surface area contributed by atoms with Gasteiger partial charge in [-0.2, -0.15) is 5.10 Å². The van der Waals surface area contributed by atoms with Crippen LogP contribution in [0.1, 0.15) is 25.6 Å². The zero-order valence-electron chi connectivity index (χ0n) is 10.9. The Morgan fingerprint density at radius 1 is 1.33 bits per heavy atom. The van der Waals surface area contributed by atoms with Gasteiger partial charge >= 0.3 is 0 Å². The molecule has 2 rings (SSSR count). The summed E-state index contributed by atoms with van der Waals surface area (Å²) < 4.78 is 15.2. The Labute approximate surface area is 107 Å². The van der Waals surface area contributed by atoms with Crippen molar-refractivity contribution in [3.63, 3.8) is 0 Å². The van der Waals surface area contributed by atoms with Gasteiger partial charge < -0.3 is 5.32 Å². The van der Waals surface area contributed by atoms with Gasteiger partial charge in [-0.3, -0.25) is 4.68 Å². The fourth-order valence-corrected chi connectivity index (χ4v) is 1.97. The highest BCUT2D eigenvalue weighted by atomic mass is 19.1. The predicted octanol–water partition coefficient (Wildman–Crippen LogP) is 2.99. The third kappa shape index (κ3) is 2.59. The van der Waals surface area contributed by atoms with E-state index in [0.717, 1.165) is 17.0 Å². The topological polar surface area (TPSA) is 29.9 Å². The van der Waals surface area contributed by atoms with E-state index in [1.165, 1.54) is 6.07 Å². The van der Waals surface area contributed by atoms with Crippen molar-refractivity contribution in [1.29, 1.82) is 0 Å². The predicted molar refractivity (Wildman–Crippen MR) is 70.8 cm³/mol. The first-order valence-corrected chi connectivity index (χ1v) is 6.10. The van der Waals surface area contributed by atoms with Gasteiger partial charge in [-0.1, -0.05) is 12.1 Å². The fraction of sp³-hybridized carbons (Fsp3) is 0.357. The lowest BCUT2D eigenvalue weighted by atomic mass is 10.1. The molecule has 0 saturated heterocycles. The van der Waals surface area contributed by atoms with Crippen LogP contribution >= 0.6 is 0 Å². The maximum atomic E-state index is 13.3. The minimum Gasteiger partial charge on any atom is -0.314 e. The van der Waals surface area contributed by atoms with E-state index in [2.05, 4.69) is 24.3 Å². The highest BCUT2D eigenvalue weighted by Crippen LogP contribution is 2.24. The molecule has 1 aromatic carbocycles. The number of nitrogens with one attached hydrogen (secondary N) is 1. The van der Waals surface area contributed by atoms with E-state index < -0.39 is 0 Å².